The minimum atomic E-state index is -3.86. The summed E-state index contributed by atoms with van der Waals surface area (Å²) in [5.74, 6) is -1.79. The molecule has 0 aliphatic rings. The van der Waals surface area contributed by atoms with E-state index in [2.05, 4.69) is 10.0 Å². The average molecular weight is 404 g/mol. The summed E-state index contributed by atoms with van der Waals surface area (Å²) in [5, 5.41) is 2.52. The molecule has 0 unspecified atom stereocenters. The van der Waals surface area contributed by atoms with Crippen molar-refractivity contribution in [3.8, 4) is 0 Å². The third-order valence-electron chi connectivity index (χ3n) is 3.70. The maximum atomic E-state index is 12.2. The Morgan fingerprint density at radius 2 is 1.61 bits per heavy atom. The third-order valence-corrected chi connectivity index (χ3v) is 5.12. The number of esters is 1. The fourth-order valence-corrected chi connectivity index (χ4v) is 3.25. The van der Waals surface area contributed by atoms with Gasteiger partial charge < -0.3 is 10.1 Å². The lowest BCUT2D eigenvalue weighted by molar-refractivity contribution is -0.151. The van der Waals surface area contributed by atoms with Crippen LogP contribution in [0.1, 0.15) is 24.2 Å². The topological polar surface area (TPSA) is 119 Å². The van der Waals surface area contributed by atoms with E-state index in [0.29, 0.717) is 11.3 Å². The Bertz CT molecular complexity index is 973. The number of hydrogen-bond acceptors (Lipinski definition) is 6. The van der Waals surface area contributed by atoms with Gasteiger partial charge in [0.2, 0.25) is 10.0 Å². The highest BCUT2D eigenvalue weighted by molar-refractivity contribution is 7.89. The van der Waals surface area contributed by atoms with Crippen LogP contribution in [0, 0.1) is 0 Å². The van der Waals surface area contributed by atoms with E-state index in [1.807, 2.05) is 0 Å². The lowest BCUT2D eigenvalue weighted by atomic mass is 10.1. The smallest absolute Gasteiger partial charge is 0.321 e. The first kappa shape index (κ1) is 21.3. The zero-order valence-electron chi connectivity index (χ0n) is 15.3. The summed E-state index contributed by atoms with van der Waals surface area (Å²) in [7, 11) is -3.86. The van der Waals surface area contributed by atoms with E-state index >= 15 is 0 Å². The van der Waals surface area contributed by atoms with E-state index in [1.165, 1.54) is 26.0 Å². The molecule has 2 aromatic rings. The van der Waals surface area contributed by atoms with E-state index in [1.54, 1.807) is 42.5 Å². The highest BCUT2D eigenvalue weighted by atomic mass is 32.2. The normalized spacial score (nSPS) is 12.1. The molecule has 0 aliphatic carbocycles. The molecule has 0 saturated heterocycles. The van der Waals surface area contributed by atoms with E-state index < -0.39 is 34.5 Å². The second-order valence-corrected chi connectivity index (χ2v) is 7.63. The molecular formula is C19H20N2O6S. The van der Waals surface area contributed by atoms with Crippen molar-refractivity contribution in [2.24, 2.45) is 0 Å². The Balaban J connectivity index is 1.92. The van der Waals surface area contributed by atoms with Crippen molar-refractivity contribution in [1.29, 1.82) is 0 Å². The van der Waals surface area contributed by atoms with Gasteiger partial charge >= 0.3 is 5.97 Å². The van der Waals surface area contributed by atoms with Crippen LogP contribution in [0.5, 0.6) is 0 Å². The lowest BCUT2D eigenvalue weighted by Gasteiger charge is -2.15. The number of rotatable bonds is 8. The molecular weight excluding hydrogens is 384 g/mol. The molecule has 9 heteroatoms. The summed E-state index contributed by atoms with van der Waals surface area (Å²) in [4.78, 5) is 35.7. The van der Waals surface area contributed by atoms with Gasteiger partial charge in [0.25, 0.3) is 5.91 Å². The molecule has 2 rings (SSSR count). The summed E-state index contributed by atoms with van der Waals surface area (Å²) in [5.41, 5.74) is 0.623. The molecule has 0 radical (unpaired) electrons. The Morgan fingerprint density at radius 1 is 1.00 bits per heavy atom. The van der Waals surface area contributed by atoms with Crippen molar-refractivity contribution >= 4 is 33.4 Å². The molecule has 28 heavy (non-hydrogen) atoms. The fraction of sp³-hybridized carbons (Fsp3) is 0.211. The number of nitrogens with one attached hydrogen (secondary N) is 2. The number of anilines is 1. The van der Waals surface area contributed by atoms with Crippen molar-refractivity contribution in [2.75, 3.05) is 11.9 Å². The number of hydrogen-bond donors (Lipinski definition) is 2. The molecule has 0 spiro atoms. The number of sulfonamides is 1. The standard InChI is InChI=1S/C19H20N2O6S/c1-13(22)16-10-6-7-11-17(16)21-19(24)14(2)27-18(23)12-20-28(25,26)15-8-4-3-5-9-15/h3-11,14,20H,12H2,1-2H3,(H,21,24)/t14-/m1/s1. The molecule has 8 nitrogen and oxygen atoms in total. The Hall–Kier alpha value is -3.04. The van der Waals surface area contributed by atoms with Crippen LogP contribution in [-0.2, 0) is 24.3 Å². The van der Waals surface area contributed by atoms with Crippen molar-refractivity contribution in [2.45, 2.75) is 24.8 Å². The third kappa shape index (κ3) is 5.73. The maximum Gasteiger partial charge on any atom is 0.321 e. The zero-order valence-corrected chi connectivity index (χ0v) is 16.2. The predicted octanol–water partition coefficient (Wildman–Crippen LogP) is 1.74. The molecule has 2 aromatic carbocycles. The molecule has 2 N–H and O–H groups in total. The summed E-state index contributed by atoms with van der Waals surface area (Å²) in [6.07, 6.45) is -1.19. The largest absolute Gasteiger partial charge is 0.452 e. The van der Waals surface area contributed by atoms with Gasteiger partial charge in [0.05, 0.1) is 10.6 Å². The number of ketones is 1. The molecule has 0 bridgehead atoms. The van der Waals surface area contributed by atoms with Gasteiger partial charge in [-0.3, -0.25) is 14.4 Å². The van der Waals surface area contributed by atoms with Crippen molar-refractivity contribution in [1.82, 2.24) is 4.72 Å². The van der Waals surface area contributed by atoms with Crippen molar-refractivity contribution in [3.05, 3.63) is 60.2 Å². The van der Waals surface area contributed by atoms with E-state index in [4.69, 9.17) is 4.74 Å². The zero-order chi connectivity index (χ0) is 20.7. The number of benzene rings is 2. The first-order valence-electron chi connectivity index (χ1n) is 8.35. The van der Waals surface area contributed by atoms with Crippen LogP contribution in [0.4, 0.5) is 5.69 Å². The van der Waals surface area contributed by atoms with Crippen LogP contribution < -0.4 is 10.0 Å². The Morgan fingerprint density at radius 3 is 2.25 bits per heavy atom. The SMILES string of the molecule is CC(=O)c1ccccc1NC(=O)[C@@H](C)OC(=O)CNS(=O)(=O)c1ccccc1. The Kier molecular flexibility index (Phi) is 7.02. The number of Topliss-reactive ketones (excluding diaryl/α,β-unsaturated/α-hetero) is 1. The second-order valence-electron chi connectivity index (χ2n) is 5.86. The van der Waals surface area contributed by atoms with Crippen molar-refractivity contribution in [3.63, 3.8) is 0 Å². The van der Waals surface area contributed by atoms with E-state index in [-0.39, 0.29) is 10.7 Å². The summed E-state index contributed by atoms with van der Waals surface area (Å²) >= 11 is 0. The second kappa shape index (κ2) is 9.25. The van der Waals surface area contributed by atoms with Crippen LogP contribution in [-0.4, -0.2) is 38.7 Å². The van der Waals surface area contributed by atoms with Gasteiger partial charge in [0.1, 0.15) is 6.54 Å². The maximum absolute atomic E-state index is 12.2. The lowest BCUT2D eigenvalue weighted by Crippen LogP contribution is -2.36. The van der Waals surface area contributed by atoms with Gasteiger partial charge in [-0.25, -0.2) is 8.42 Å². The van der Waals surface area contributed by atoms with E-state index in [9.17, 15) is 22.8 Å². The molecule has 1 amide bonds. The van der Waals surface area contributed by atoms with Gasteiger partial charge in [0.15, 0.2) is 11.9 Å². The number of ether oxygens (including phenoxy) is 1. The summed E-state index contributed by atoms with van der Waals surface area (Å²) in [6, 6.07) is 14.0. The Labute approximate surface area is 163 Å². The minimum absolute atomic E-state index is 0.00873. The first-order valence-corrected chi connectivity index (χ1v) is 9.84. The van der Waals surface area contributed by atoms with Gasteiger partial charge in [-0.2, -0.15) is 4.72 Å². The van der Waals surface area contributed by atoms with E-state index in [0.717, 1.165) is 0 Å². The minimum Gasteiger partial charge on any atom is -0.452 e. The highest BCUT2D eigenvalue weighted by Gasteiger charge is 2.21. The van der Waals surface area contributed by atoms with Gasteiger partial charge in [0, 0.05) is 5.56 Å². The van der Waals surface area contributed by atoms with Crippen LogP contribution in [0.15, 0.2) is 59.5 Å². The molecule has 0 aromatic heterocycles. The molecule has 0 aliphatic heterocycles. The van der Waals surface area contributed by atoms with Crippen LogP contribution in [0.3, 0.4) is 0 Å². The number of para-hydroxylation sites is 1. The van der Waals surface area contributed by atoms with Crippen LogP contribution in [0.2, 0.25) is 0 Å². The highest BCUT2D eigenvalue weighted by Crippen LogP contribution is 2.16. The molecule has 0 heterocycles. The first-order chi connectivity index (χ1) is 13.2. The molecule has 0 fully saturated rings. The predicted molar refractivity (Wildman–Crippen MR) is 102 cm³/mol. The van der Waals surface area contributed by atoms with Gasteiger partial charge in [-0.15, -0.1) is 0 Å². The monoisotopic (exact) mass is 404 g/mol. The quantitative estimate of drug-likeness (QED) is 0.511. The summed E-state index contributed by atoms with van der Waals surface area (Å²) in [6.45, 7) is 2.08. The molecule has 0 saturated carbocycles. The van der Waals surface area contributed by atoms with Gasteiger partial charge in [-0.1, -0.05) is 30.3 Å². The molecule has 1 atom stereocenters. The fourth-order valence-electron chi connectivity index (χ4n) is 2.26. The molecule has 148 valence electrons. The number of amides is 1. The van der Waals surface area contributed by atoms with Crippen LogP contribution in [0.25, 0.3) is 0 Å². The van der Waals surface area contributed by atoms with Crippen molar-refractivity contribution < 1.29 is 27.5 Å². The summed E-state index contributed by atoms with van der Waals surface area (Å²) < 4.78 is 31.2. The van der Waals surface area contributed by atoms with Crippen LogP contribution >= 0.6 is 0 Å². The number of carbonyl (C=O) groups is 3. The van der Waals surface area contributed by atoms with Gasteiger partial charge in [-0.05, 0) is 38.1 Å². The number of carbonyl (C=O) groups excluding carboxylic acids is 3. The average Bonchev–Trinajstić information content (AvgIpc) is 2.67.